The first-order valence-electron chi connectivity index (χ1n) is 11.4. The zero-order chi connectivity index (χ0) is 20.1. The van der Waals surface area contributed by atoms with Crippen molar-refractivity contribution < 1.29 is 15.1 Å². The lowest BCUT2D eigenvalue weighted by Crippen LogP contribution is -2.58. The van der Waals surface area contributed by atoms with Gasteiger partial charge in [-0.15, -0.1) is 0 Å². The average molecular weight is 393 g/mol. The standard InChI is InChI=1S/C23H40N2O3/c1-22-9-7-15(24-28-12-11-25(3)4)13-19(22)20(26)14-16-17-5-6-21(27)23(17,2)10-8-18(16)22/h16-21,26-27H,5-14H2,1-4H3/b24-15+/t16-,17-,18-,19+,20+,21?,22+,23-/m0/s1. The van der Waals surface area contributed by atoms with Crippen molar-refractivity contribution in [3.63, 3.8) is 0 Å². The molecule has 0 saturated heterocycles. The summed E-state index contributed by atoms with van der Waals surface area (Å²) in [6, 6.07) is 0. The predicted molar refractivity (Wildman–Crippen MR) is 111 cm³/mol. The van der Waals surface area contributed by atoms with Crippen molar-refractivity contribution in [2.75, 3.05) is 27.2 Å². The lowest BCUT2D eigenvalue weighted by molar-refractivity contribution is -0.153. The first-order chi connectivity index (χ1) is 13.3. The van der Waals surface area contributed by atoms with Gasteiger partial charge in [-0.2, -0.15) is 0 Å². The van der Waals surface area contributed by atoms with E-state index in [1.54, 1.807) is 0 Å². The van der Waals surface area contributed by atoms with E-state index in [1.807, 2.05) is 14.1 Å². The van der Waals surface area contributed by atoms with Gasteiger partial charge in [0, 0.05) is 6.54 Å². The van der Waals surface area contributed by atoms with Gasteiger partial charge < -0.3 is 20.0 Å². The Labute approximate surface area is 170 Å². The smallest absolute Gasteiger partial charge is 0.129 e. The predicted octanol–water partition coefficient (Wildman–Crippen LogP) is 3.30. The molecule has 0 aromatic heterocycles. The summed E-state index contributed by atoms with van der Waals surface area (Å²) in [7, 11) is 4.08. The minimum atomic E-state index is -0.251. The van der Waals surface area contributed by atoms with E-state index in [2.05, 4.69) is 23.9 Å². The first kappa shape index (κ1) is 20.6. The Morgan fingerprint density at radius 3 is 2.54 bits per heavy atom. The number of hydrogen-bond acceptors (Lipinski definition) is 5. The molecule has 0 heterocycles. The molecule has 0 aromatic carbocycles. The third-order valence-corrected chi connectivity index (χ3v) is 9.29. The second-order valence-electron chi connectivity index (χ2n) is 10.9. The SMILES string of the molecule is CN(C)CCO/N=C1\CC[C@@]2(C)[C@H](C1)[C@H](O)C[C@@H]1[C@@H]2CC[C@]2(C)C(O)CC[C@@H]12. The molecule has 0 bridgehead atoms. The summed E-state index contributed by atoms with van der Waals surface area (Å²) in [6.07, 6.45) is 7.94. The number of oxime groups is 1. The molecule has 2 N–H and O–H groups in total. The van der Waals surface area contributed by atoms with Crippen LogP contribution in [0.15, 0.2) is 5.16 Å². The molecule has 0 amide bonds. The number of aliphatic hydroxyl groups is 2. The van der Waals surface area contributed by atoms with Crippen LogP contribution in [0.1, 0.15) is 65.2 Å². The molecule has 4 saturated carbocycles. The Bertz CT molecular complexity index is 609. The Kier molecular flexibility index (Phi) is 5.56. The van der Waals surface area contributed by atoms with Crippen LogP contribution >= 0.6 is 0 Å². The van der Waals surface area contributed by atoms with Crippen molar-refractivity contribution in [2.45, 2.75) is 77.4 Å². The van der Waals surface area contributed by atoms with E-state index in [-0.39, 0.29) is 23.0 Å². The molecular weight excluding hydrogens is 352 g/mol. The van der Waals surface area contributed by atoms with Crippen LogP contribution in [0.25, 0.3) is 0 Å². The summed E-state index contributed by atoms with van der Waals surface area (Å²) >= 11 is 0. The van der Waals surface area contributed by atoms with Crippen LogP contribution in [-0.4, -0.2) is 60.3 Å². The molecule has 4 rings (SSSR count). The highest BCUT2D eigenvalue weighted by Crippen LogP contribution is 2.65. The number of hydrogen-bond donors (Lipinski definition) is 2. The molecule has 5 nitrogen and oxygen atoms in total. The van der Waals surface area contributed by atoms with E-state index in [4.69, 9.17) is 4.84 Å². The van der Waals surface area contributed by atoms with Crippen molar-refractivity contribution in [3.8, 4) is 0 Å². The number of aliphatic hydroxyl groups excluding tert-OH is 2. The van der Waals surface area contributed by atoms with Crippen molar-refractivity contribution in [1.82, 2.24) is 4.90 Å². The minimum absolute atomic E-state index is 0.0750. The Hall–Kier alpha value is -0.650. The maximum Gasteiger partial charge on any atom is 0.129 e. The van der Waals surface area contributed by atoms with Gasteiger partial charge in [-0.1, -0.05) is 19.0 Å². The first-order valence-corrected chi connectivity index (χ1v) is 11.4. The number of fused-ring (bicyclic) bond motifs is 5. The van der Waals surface area contributed by atoms with Gasteiger partial charge >= 0.3 is 0 Å². The number of rotatable bonds is 4. The zero-order valence-electron chi connectivity index (χ0n) is 18.2. The highest BCUT2D eigenvalue weighted by atomic mass is 16.6. The highest BCUT2D eigenvalue weighted by Gasteiger charge is 2.61. The molecule has 28 heavy (non-hydrogen) atoms. The van der Waals surface area contributed by atoms with Gasteiger partial charge in [-0.25, -0.2) is 0 Å². The van der Waals surface area contributed by atoms with Crippen molar-refractivity contribution in [2.24, 2.45) is 39.7 Å². The normalized spacial score (nSPS) is 49.6. The summed E-state index contributed by atoms with van der Waals surface area (Å²) in [5.41, 5.74) is 1.40. The molecule has 0 spiro atoms. The third kappa shape index (κ3) is 3.31. The van der Waals surface area contributed by atoms with Gasteiger partial charge in [0.15, 0.2) is 0 Å². The second kappa shape index (κ2) is 7.55. The van der Waals surface area contributed by atoms with Gasteiger partial charge in [0.05, 0.1) is 17.9 Å². The Morgan fingerprint density at radius 1 is 1.04 bits per heavy atom. The maximum absolute atomic E-state index is 11.2. The molecule has 4 aliphatic carbocycles. The Balaban J connectivity index is 1.48. The average Bonchev–Trinajstić information content (AvgIpc) is 2.95. The molecule has 0 aromatic rings. The highest BCUT2D eigenvalue weighted by molar-refractivity contribution is 5.85. The molecule has 0 aliphatic heterocycles. The molecule has 8 atom stereocenters. The molecular formula is C23H40N2O3. The summed E-state index contributed by atoms with van der Waals surface area (Å²) in [5.74, 6) is 2.13. The van der Waals surface area contributed by atoms with Gasteiger partial charge in [-0.05, 0) is 100.0 Å². The molecule has 160 valence electrons. The van der Waals surface area contributed by atoms with E-state index in [1.165, 1.54) is 6.42 Å². The lowest BCUT2D eigenvalue weighted by atomic mass is 9.44. The van der Waals surface area contributed by atoms with Crippen LogP contribution in [0.2, 0.25) is 0 Å². The van der Waals surface area contributed by atoms with Crippen molar-refractivity contribution >= 4 is 5.71 Å². The zero-order valence-corrected chi connectivity index (χ0v) is 18.2. The topological polar surface area (TPSA) is 65.3 Å². The quantitative estimate of drug-likeness (QED) is 0.569. The number of nitrogens with zero attached hydrogens (tertiary/aromatic N) is 2. The van der Waals surface area contributed by atoms with Gasteiger partial charge in [0.1, 0.15) is 6.61 Å². The fourth-order valence-corrected chi connectivity index (χ4v) is 7.52. The fraction of sp³-hybridized carbons (Fsp3) is 0.957. The minimum Gasteiger partial charge on any atom is -0.394 e. The molecule has 4 aliphatic rings. The summed E-state index contributed by atoms with van der Waals surface area (Å²) in [6.45, 7) is 6.24. The second-order valence-corrected chi connectivity index (χ2v) is 10.9. The molecule has 1 unspecified atom stereocenters. The van der Waals surface area contributed by atoms with E-state index >= 15 is 0 Å². The van der Waals surface area contributed by atoms with Crippen LogP contribution in [0.3, 0.4) is 0 Å². The van der Waals surface area contributed by atoms with E-state index < -0.39 is 0 Å². The summed E-state index contributed by atoms with van der Waals surface area (Å²) in [5, 5.41) is 26.2. The van der Waals surface area contributed by atoms with Crippen LogP contribution in [0.4, 0.5) is 0 Å². The van der Waals surface area contributed by atoms with E-state index in [9.17, 15) is 10.2 Å². The van der Waals surface area contributed by atoms with Crippen LogP contribution in [-0.2, 0) is 4.84 Å². The van der Waals surface area contributed by atoms with Gasteiger partial charge in [0.25, 0.3) is 0 Å². The van der Waals surface area contributed by atoms with Gasteiger partial charge in [-0.3, -0.25) is 0 Å². The van der Waals surface area contributed by atoms with Crippen LogP contribution < -0.4 is 0 Å². The fourth-order valence-electron chi connectivity index (χ4n) is 7.52. The molecule has 0 radical (unpaired) electrons. The number of likely N-dealkylation sites (N-methyl/N-ethyl adjacent to an activating group) is 1. The van der Waals surface area contributed by atoms with E-state index in [0.29, 0.717) is 30.3 Å². The maximum atomic E-state index is 11.2. The van der Waals surface area contributed by atoms with Crippen LogP contribution in [0.5, 0.6) is 0 Å². The van der Waals surface area contributed by atoms with Crippen molar-refractivity contribution in [3.05, 3.63) is 0 Å². The molecule has 5 heteroatoms. The Morgan fingerprint density at radius 2 is 1.79 bits per heavy atom. The largest absolute Gasteiger partial charge is 0.394 e. The molecule has 4 fully saturated rings. The third-order valence-electron chi connectivity index (χ3n) is 9.29. The van der Waals surface area contributed by atoms with Crippen LogP contribution in [0, 0.1) is 34.5 Å². The lowest BCUT2D eigenvalue weighted by Gasteiger charge is -2.61. The van der Waals surface area contributed by atoms with Gasteiger partial charge in [0.2, 0.25) is 0 Å². The summed E-state index contributed by atoms with van der Waals surface area (Å²) in [4.78, 5) is 7.65. The monoisotopic (exact) mass is 392 g/mol. The van der Waals surface area contributed by atoms with Crippen molar-refractivity contribution in [1.29, 1.82) is 0 Å². The van der Waals surface area contributed by atoms with E-state index in [0.717, 1.165) is 57.2 Å². The summed E-state index contributed by atoms with van der Waals surface area (Å²) < 4.78 is 0.